The van der Waals surface area contributed by atoms with Crippen molar-refractivity contribution >= 4 is 28.7 Å². The number of carbonyl (C=O) groups is 1. The van der Waals surface area contributed by atoms with E-state index in [1.807, 2.05) is 20.8 Å². The van der Waals surface area contributed by atoms with Gasteiger partial charge in [-0.1, -0.05) is 32.4 Å². The van der Waals surface area contributed by atoms with E-state index in [2.05, 4.69) is 0 Å². The first-order valence-corrected chi connectivity index (χ1v) is 5.62. The topological polar surface area (TPSA) is 43.1 Å². The first-order valence-electron chi connectivity index (χ1n) is 4.37. The normalized spacial score (nSPS) is 14.1. The molecule has 0 bridgehead atoms. The van der Waals surface area contributed by atoms with Crippen LogP contribution in [0.4, 0.5) is 0 Å². The molecule has 0 aromatic carbocycles. The molecule has 1 aromatic heterocycles. The second kappa shape index (κ2) is 4.01. The van der Waals surface area contributed by atoms with E-state index in [0.29, 0.717) is 9.90 Å². The van der Waals surface area contributed by atoms with Crippen LogP contribution in [0.15, 0.2) is 11.4 Å². The minimum absolute atomic E-state index is 0.0718. The Balaban J connectivity index is 2.92. The lowest BCUT2D eigenvalue weighted by Gasteiger charge is -2.25. The van der Waals surface area contributed by atoms with Crippen molar-refractivity contribution in [3.8, 4) is 0 Å². The number of thiophene rings is 1. The molecule has 0 saturated carbocycles. The molecule has 1 atom stereocenters. The maximum absolute atomic E-state index is 11.9. The van der Waals surface area contributed by atoms with E-state index in [-0.39, 0.29) is 11.2 Å². The van der Waals surface area contributed by atoms with Gasteiger partial charge in [0.15, 0.2) is 5.78 Å². The van der Waals surface area contributed by atoms with Gasteiger partial charge in [0.05, 0.1) is 15.9 Å². The second-order valence-electron chi connectivity index (χ2n) is 4.31. The van der Waals surface area contributed by atoms with Gasteiger partial charge in [-0.15, -0.1) is 11.3 Å². The second-order valence-corrected chi connectivity index (χ2v) is 5.63. The first kappa shape index (κ1) is 11.7. The summed E-state index contributed by atoms with van der Waals surface area (Å²) in [7, 11) is 0. The molecule has 1 unspecified atom stereocenters. The molecule has 0 spiro atoms. The third kappa shape index (κ3) is 2.35. The van der Waals surface area contributed by atoms with Gasteiger partial charge in [-0.05, 0) is 16.9 Å². The highest BCUT2D eigenvalue weighted by Crippen LogP contribution is 2.27. The van der Waals surface area contributed by atoms with Crippen LogP contribution < -0.4 is 5.73 Å². The number of hydrogen-bond donors (Lipinski definition) is 1. The Hall–Kier alpha value is -0.380. The average Bonchev–Trinajstić information content (AvgIpc) is 2.47. The SMILES string of the molecule is CC(C)(C)C(N)C(=O)c1sccc1Cl. The minimum atomic E-state index is -0.501. The van der Waals surface area contributed by atoms with Crippen LogP contribution in [0.1, 0.15) is 30.4 Å². The molecule has 1 heterocycles. The van der Waals surface area contributed by atoms with E-state index < -0.39 is 6.04 Å². The zero-order valence-electron chi connectivity index (χ0n) is 8.50. The van der Waals surface area contributed by atoms with Crippen molar-refractivity contribution in [2.24, 2.45) is 11.1 Å². The lowest BCUT2D eigenvalue weighted by molar-refractivity contribution is 0.0905. The Kier molecular flexibility index (Phi) is 3.35. The van der Waals surface area contributed by atoms with Gasteiger partial charge in [-0.25, -0.2) is 0 Å². The molecule has 2 N–H and O–H groups in total. The number of hydrogen-bond acceptors (Lipinski definition) is 3. The fourth-order valence-electron chi connectivity index (χ4n) is 1.00. The predicted octanol–water partition coefficient (Wildman–Crippen LogP) is 2.96. The maximum Gasteiger partial charge on any atom is 0.191 e. The van der Waals surface area contributed by atoms with E-state index in [4.69, 9.17) is 17.3 Å². The highest BCUT2D eigenvalue weighted by Gasteiger charge is 2.29. The van der Waals surface area contributed by atoms with Crippen LogP contribution in [0.3, 0.4) is 0 Å². The van der Waals surface area contributed by atoms with Gasteiger partial charge < -0.3 is 5.73 Å². The van der Waals surface area contributed by atoms with Crippen molar-refractivity contribution in [1.82, 2.24) is 0 Å². The summed E-state index contributed by atoms with van der Waals surface area (Å²) in [5.74, 6) is -0.0718. The number of halogens is 1. The van der Waals surface area contributed by atoms with E-state index >= 15 is 0 Å². The van der Waals surface area contributed by atoms with Gasteiger partial charge in [0.25, 0.3) is 0 Å². The summed E-state index contributed by atoms with van der Waals surface area (Å²) in [4.78, 5) is 12.4. The molecule has 2 nitrogen and oxygen atoms in total. The maximum atomic E-state index is 11.9. The van der Waals surface area contributed by atoms with Crippen LogP contribution in [0.5, 0.6) is 0 Å². The molecule has 0 aliphatic heterocycles. The van der Waals surface area contributed by atoms with E-state index in [1.54, 1.807) is 11.4 Å². The van der Waals surface area contributed by atoms with Gasteiger partial charge in [-0.3, -0.25) is 4.79 Å². The van der Waals surface area contributed by atoms with Crippen molar-refractivity contribution in [1.29, 1.82) is 0 Å². The number of ketones is 1. The highest BCUT2D eigenvalue weighted by molar-refractivity contribution is 7.12. The molecule has 14 heavy (non-hydrogen) atoms. The quantitative estimate of drug-likeness (QED) is 0.796. The zero-order chi connectivity index (χ0) is 10.9. The fourth-order valence-corrected chi connectivity index (χ4v) is 2.13. The first-order chi connectivity index (χ1) is 6.34. The monoisotopic (exact) mass is 231 g/mol. The molecule has 0 amide bonds. The molecule has 0 radical (unpaired) electrons. The molecule has 0 aliphatic carbocycles. The minimum Gasteiger partial charge on any atom is -0.321 e. The molecule has 0 aliphatic rings. The van der Waals surface area contributed by atoms with Crippen LogP contribution in [-0.2, 0) is 0 Å². The zero-order valence-corrected chi connectivity index (χ0v) is 10.1. The Morgan fingerprint density at radius 1 is 1.57 bits per heavy atom. The summed E-state index contributed by atoms with van der Waals surface area (Å²) in [5.41, 5.74) is 5.62. The van der Waals surface area contributed by atoms with Gasteiger partial charge in [0.2, 0.25) is 0 Å². The summed E-state index contributed by atoms with van der Waals surface area (Å²) in [6.45, 7) is 5.82. The van der Waals surface area contributed by atoms with Crippen molar-refractivity contribution < 1.29 is 4.79 Å². The predicted molar refractivity (Wildman–Crippen MR) is 61.1 cm³/mol. The van der Waals surface area contributed by atoms with Crippen molar-refractivity contribution in [2.75, 3.05) is 0 Å². The molecule has 78 valence electrons. The van der Waals surface area contributed by atoms with Gasteiger partial charge >= 0.3 is 0 Å². The van der Waals surface area contributed by atoms with Crippen molar-refractivity contribution in [2.45, 2.75) is 26.8 Å². The summed E-state index contributed by atoms with van der Waals surface area (Å²) < 4.78 is 0. The summed E-state index contributed by atoms with van der Waals surface area (Å²) in [6.07, 6.45) is 0. The fraction of sp³-hybridized carbons (Fsp3) is 0.500. The van der Waals surface area contributed by atoms with Crippen LogP contribution >= 0.6 is 22.9 Å². The van der Waals surface area contributed by atoms with Crippen LogP contribution in [0, 0.1) is 5.41 Å². The van der Waals surface area contributed by atoms with Crippen molar-refractivity contribution in [3.05, 3.63) is 21.3 Å². The van der Waals surface area contributed by atoms with Gasteiger partial charge in [-0.2, -0.15) is 0 Å². The molecule has 1 rings (SSSR count). The molecular formula is C10H14ClNOS. The summed E-state index contributed by atoms with van der Waals surface area (Å²) >= 11 is 7.20. The highest BCUT2D eigenvalue weighted by atomic mass is 35.5. The molecule has 0 saturated heterocycles. The van der Waals surface area contributed by atoms with Gasteiger partial charge in [0, 0.05) is 0 Å². The molecule has 4 heteroatoms. The molecular weight excluding hydrogens is 218 g/mol. The smallest absolute Gasteiger partial charge is 0.191 e. The van der Waals surface area contributed by atoms with Crippen LogP contribution in [-0.4, -0.2) is 11.8 Å². The van der Waals surface area contributed by atoms with Gasteiger partial charge in [0.1, 0.15) is 0 Å². The Bertz CT molecular complexity index is 340. The Morgan fingerprint density at radius 3 is 2.50 bits per heavy atom. The van der Waals surface area contributed by atoms with E-state index in [1.165, 1.54) is 11.3 Å². The molecule has 0 fully saturated rings. The third-order valence-corrected chi connectivity index (χ3v) is 3.41. The molecule has 1 aromatic rings. The largest absolute Gasteiger partial charge is 0.321 e. The van der Waals surface area contributed by atoms with E-state index in [0.717, 1.165) is 0 Å². The number of carbonyl (C=O) groups excluding carboxylic acids is 1. The third-order valence-electron chi connectivity index (χ3n) is 2.06. The number of rotatable bonds is 2. The standard InChI is InChI=1S/C10H14ClNOS/c1-10(2,3)9(12)7(13)8-6(11)4-5-14-8/h4-5,9H,12H2,1-3H3. The summed E-state index contributed by atoms with van der Waals surface area (Å²) in [5, 5.41) is 2.30. The lowest BCUT2D eigenvalue weighted by atomic mass is 9.84. The van der Waals surface area contributed by atoms with E-state index in [9.17, 15) is 4.79 Å². The van der Waals surface area contributed by atoms with Crippen molar-refractivity contribution in [3.63, 3.8) is 0 Å². The lowest BCUT2D eigenvalue weighted by Crippen LogP contribution is -2.42. The number of Topliss-reactive ketones (excluding diaryl/α,β-unsaturated/α-hetero) is 1. The summed E-state index contributed by atoms with van der Waals surface area (Å²) in [6, 6.07) is 1.22. The Morgan fingerprint density at radius 2 is 2.14 bits per heavy atom. The average molecular weight is 232 g/mol. The van der Waals surface area contributed by atoms with Crippen LogP contribution in [0.25, 0.3) is 0 Å². The van der Waals surface area contributed by atoms with Crippen LogP contribution in [0.2, 0.25) is 5.02 Å². The number of nitrogens with two attached hydrogens (primary N) is 1. The Labute approximate surface area is 93.1 Å².